The van der Waals surface area contributed by atoms with Crippen LogP contribution in [-0.4, -0.2) is 23.7 Å². The molecule has 1 aromatic carbocycles. The van der Waals surface area contributed by atoms with E-state index in [2.05, 4.69) is 5.32 Å². The summed E-state index contributed by atoms with van der Waals surface area (Å²) in [6.07, 6.45) is 3.87. The van der Waals surface area contributed by atoms with E-state index in [1.165, 1.54) is 0 Å². The third-order valence-electron chi connectivity index (χ3n) is 2.02. The Hall–Kier alpha value is -1.61. The number of rotatable bonds is 5. The van der Waals surface area contributed by atoms with Gasteiger partial charge in [0.15, 0.2) is 0 Å². The van der Waals surface area contributed by atoms with Gasteiger partial charge in [-0.15, -0.1) is 0 Å². The molecule has 1 rings (SSSR count). The minimum Gasteiger partial charge on any atom is -0.480 e. The number of aliphatic carboxylic acids is 1. The van der Waals surface area contributed by atoms with Crippen LogP contribution in [0.5, 0.6) is 0 Å². The Bertz CT molecular complexity index is 333. The maximum atomic E-state index is 10.5. The number of carboxylic acid groups (broad SMARTS) is 1. The van der Waals surface area contributed by atoms with Crippen molar-refractivity contribution in [2.45, 2.75) is 13.0 Å². The molecule has 0 saturated carbocycles. The molecule has 0 unspecified atom stereocenters. The zero-order valence-electron chi connectivity index (χ0n) is 8.68. The van der Waals surface area contributed by atoms with Gasteiger partial charge < -0.3 is 10.4 Å². The van der Waals surface area contributed by atoms with Gasteiger partial charge in [0, 0.05) is 6.54 Å². The fourth-order valence-electron chi connectivity index (χ4n) is 1.09. The van der Waals surface area contributed by atoms with Crippen LogP contribution in [0, 0.1) is 0 Å². The molecule has 0 spiro atoms. The van der Waals surface area contributed by atoms with Crippen LogP contribution in [0.4, 0.5) is 0 Å². The largest absolute Gasteiger partial charge is 0.480 e. The lowest BCUT2D eigenvalue weighted by Crippen LogP contribution is -2.33. The van der Waals surface area contributed by atoms with E-state index >= 15 is 0 Å². The molecule has 0 aromatic heterocycles. The first-order valence-corrected chi connectivity index (χ1v) is 4.88. The third kappa shape index (κ3) is 4.42. The number of hydrogen-bond acceptors (Lipinski definition) is 2. The molecule has 0 bridgehead atoms. The van der Waals surface area contributed by atoms with Crippen molar-refractivity contribution in [2.75, 3.05) is 6.54 Å². The van der Waals surface area contributed by atoms with Gasteiger partial charge in [-0.05, 0) is 12.5 Å². The van der Waals surface area contributed by atoms with Gasteiger partial charge in [-0.1, -0.05) is 42.5 Å². The van der Waals surface area contributed by atoms with E-state index in [9.17, 15) is 4.79 Å². The molecular weight excluding hydrogens is 190 g/mol. The molecule has 0 fully saturated rings. The molecule has 3 heteroatoms. The van der Waals surface area contributed by atoms with Crippen LogP contribution < -0.4 is 5.32 Å². The molecule has 0 saturated heterocycles. The van der Waals surface area contributed by atoms with E-state index in [-0.39, 0.29) is 0 Å². The summed E-state index contributed by atoms with van der Waals surface area (Å²) in [5, 5.41) is 11.5. The zero-order valence-corrected chi connectivity index (χ0v) is 8.68. The van der Waals surface area contributed by atoms with E-state index in [4.69, 9.17) is 5.11 Å². The van der Waals surface area contributed by atoms with Gasteiger partial charge in [0.05, 0.1) is 0 Å². The van der Waals surface area contributed by atoms with Crippen molar-refractivity contribution in [2.24, 2.45) is 0 Å². The predicted molar refractivity (Wildman–Crippen MR) is 60.6 cm³/mol. The van der Waals surface area contributed by atoms with E-state index in [1.54, 1.807) is 6.92 Å². The fraction of sp³-hybridized carbons (Fsp3) is 0.250. The van der Waals surface area contributed by atoms with Crippen molar-refractivity contribution in [3.05, 3.63) is 42.0 Å². The standard InChI is InChI=1S/C12H15NO2/c1-10(12(14)15)13-9-5-8-11-6-3-2-4-7-11/h2-8,10,13H,9H2,1H3,(H,14,15)/b8-5+/t10-/m1/s1. The van der Waals surface area contributed by atoms with Gasteiger partial charge in [-0.3, -0.25) is 4.79 Å². The lowest BCUT2D eigenvalue weighted by Gasteiger charge is -2.05. The number of carbonyl (C=O) groups is 1. The van der Waals surface area contributed by atoms with Gasteiger partial charge in [0.25, 0.3) is 0 Å². The van der Waals surface area contributed by atoms with Crippen molar-refractivity contribution in [3.8, 4) is 0 Å². The van der Waals surface area contributed by atoms with Crippen LogP contribution in [0.25, 0.3) is 6.08 Å². The van der Waals surface area contributed by atoms with Crippen molar-refractivity contribution >= 4 is 12.0 Å². The van der Waals surface area contributed by atoms with Crippen molar-refractivity contribution in [3.63, 3.8) is 0 Å². The maximum Gasteiger partial charge on any atom is 0.320 e. The number of carboxylic acids is 1. The summed E-state index contributed by atoms with van der Waals surface area (Å²) in [6, 6.07) is 9.38. The lowest BCUT2D eigenvalue weighted by molar-refractivity contribution is -0.138. The first kappa shape index (κ1) is 11.5. The van der Waals surface area contributed by atoms with Gasteiger partial charge in [-0.2, -0.15) is 0 Å². The summed E-state index contributed by atoms with van der Waals surface area (Å²) in [4.78, 5) is 10.5. The Morgan fingerprint density at radius 3 is 2.73 bits per heavy atom. The van der Waals surface area contributed by atoms with Gasteiger partial charge in [0.2, 0.25) is 0 Å². The fourth-order valence-corrected chi connectivity index (χ4v) is 1.09. The Morgan fingerprint density at radius 1 is 1.47 bits per heavy atom. The van der Waals surface area contributed by atoms with Gasteiger partial charge >= 0.3 is 5.97 Å². The van der Waals surface area contributed by atoms with E-state index in [0.29, 0.717) is 6.54 Å². The molecule has 0 aliphatic carbocycles. The van der Waals surface area contributed by atoms with Crippen LogP contribution in [0.15, 0.2) is 36.4 Å². The van der Waals surface area contributed by atoms with Crippen LogP contribution >= 0.6 is 0 Å². The molecule has 0 amide bonds. The highest BCUT2D eigenvalue weighted by Gasteiger charge is 2.06. The average molecular weight is 205 g/mol. The molecule has 0 aliphatic heterocycles. The molecule has 0 heterocycles. The SMILES string of the molecule is C[C@@H](NC/C=C/c1ccccc1)C(=O)O. The summed E-state index contributed by atoms with van der Waals surface area (Å²) in [7, 11) is 0. The molecular formula is C12H15NO2. The molecule has 1 aromatic rings. The highest BCUT2D eigenvalue weighted by molar-refractivity contribution is 5.72. The predicted octanol–water partition coefficient (Wildman–Crippen LogP) is 1.76. The van der Waals surface area contributed by atoms with Crippen molar-refractivity contribution in [1.29, 1.82) is 0 Å². The smallest absolute Gasteiger partial charge is 0.320 e. The second-order valence-electron chi connectivity index (χ2n) is 3.28. The molecule has 2 N–H and O–H groups in total. The minimum absolute atomic E-state index is 0.509. The topological polar surface area (TPSA) is 49.3 Å². The van der Waals surface area contributed by atoms with Gasteiger partial charge in [0.1, 0.15) is 6.04 Å². The van der Waals surface area contributed by atoms with Crippen molar-refractivity contribution in [1.82, 2.24) is 5.32 Å². The van der Waals surface area contributed by atoms with Gasteiger partial charge in [-0.25, -0.2) is 0 Å². The van der Waals surface area contributed by atoms with Crippen LogP contribution in [-0.2, 0) is 4.79 Å². The highest BCUT2D eigenvalue weighted by atomic mass is 16.4. The summed E-state index contributed by atoms with van der Waals surface area (Å²) in [5.41, 5.74) is 1.11. The summed E-state index contributed by atoms with van der Waals surface area (Å²) in [5.74, 6) is -0.830. The molecule has 15 heavy (non-hydrogen) atoms. The molecule has 1 atom stereocenters. The van der Waals surface area contributed by atoms with E-state index < -0.39 is 12.0 Å². The molecule has 80 valence electrons. The molecule has 0 aliphatic rings. The average Bonchev–Trinajstić information content (AvgIpc) is 2.25. The normalized spacial score (nSPS) is 12.9. The maximum absolute atomic E-state index is 10.5. The highest BCUT2D eigenvalue weighted by Crippen LogP contribution is 1.99. The Labute approximate surface area is 89.4 Å². The van der Waals surface area contributed by atoms with Crippen LogP contribution in [0.3, 0.4) is 0 Å². The Kier molecular flexibility index (Phi) is 4.57. The van der Waals surface area contributed by atoms with E-state index in [1.807, 2.05) is 42.5 Å². The van der Waals surface area contributed by atoms with E-state index in [0.717, 1.165) is 5.56 Å². The molecule has 0 radical (unpaired) electrons. The number of benzene rings is 1. The third-order valence-corrected chi connectivity index (χ3v) is 2.02. The van der Waals surface area contributed by atoms with Crippen LogP contribution in [0.2, 0.25) is 0 Å². The Morgan fingerprint density at radius 2 is 2.13 bits per heavy atom. The first-order chi connectivity index (χ1) is 7.20. The Balaban J connectivity index is 2.32. The number of hydrogen-bond donors (Lipinski definition) is 2. The quantitative estimate of drug-likeness (QED) is 0.770. The monoisotopic (exact) mass is 205 g/mol. The molecule has 3 nitrogen and oxygen atoms in total. The number of nitrogens with one attached hydrogen (secondary N) is 1. The minimum atomic E-state index is -0.830. The second kappa shape index (κ2) is 5.98. The second-order valence-corrected chi connectivity index (χ2v) is 3.28. The summed E-state index contributed by atoms with van der Waals surface area (Å²) >= 11 is 0. The first-order valence-electron chi connectivity index (χ1n) is 4.88. The van der Waals surface area contributed by atoms with Crippen LogP contribution in [0.1, 0.15) is 12.5 Å². The lowest BCUT2D eigenvalue weighted by atomic mass is 10.2. The summed E-state index contributed by atoms with van der Waals surface area (Å²) < 4.78 is 0. The summed E-state index contributed by atoms with van der Waals surface area (Å²) in [6.45, 7) is 2.18. The van der Waals surface area contributed by atoms with Crippen molar-refractivity contribution < 1.29 is 9.90 Å². The zero-order chi connectivity index (χ0) is 11.1.